The summed E-state index contributed by atoms with van der Waals surface area (Å²) in [6, 6.07) is 2.31. The van der Waals surface area contributed by atoms with Crippen LogP contribution < -0.4 is 5.32 Å². The van der Waals surface area contributed by atoms with E-state index < -0.39 is 10.0 Å². The van der Waals surface area contributed by atoms with Gasteiger partial charge in [-0.2, -0.15) is 11.8 Å². The molecule has 0 saturated heterocycles. The summed E-state index contributed by atoms with van der Waals surface area (Å²) in [5.74, 6) is 0.809. The van der Waals surface area contributed by atoms with E-state index in [1.54, 1.807) is 18.8 Å². The smallest absolute Gasteiger partial charge is 0.244 e. The van der Waals surface area contributed by atoms with E-state index in [2.05, 4.69) is 16.8 Å². The van der Waals surface area contributed by atoms with Gasteiger partial charge in [-0.1, -0.05) is 6.92 Å². The van der Waals surface area contributed by atoms with Gasteiger partial charge < -0.3 is 9.88 Å². The molecule has 0 radical (unpaired) electrons. The second kappa shape index (κ2) is 7.17. The van der Waals surface area contributed by atoms with Crippen molar-refractivity contribution in [1.29, 1.82) is 0 Å². The Morgan fingerprint density at radius 3 is 2.76 bits per heavy atom. The lowest BCUT2D eigenvalue weighted by Crippen LogP contribution is -2.28. The molecule has 1 N–H and O–H groups in total. The highest BCUT2D eigenvalue weighted by molar-refractivity contribution is 7.98. The molecule has 0 spiro atoms. The normalized spacial score (nSPS) is 15.8. The highest BCUT2D eigenvalue weighted by Gasteiger charge is 2.29. The summed E-state index contributed by atoms with van der Waals surface area (Å²) in [5, 5.41) is 3.28. The number of nitrogens with one attached hydrogen (secondary N) is 1. The summed E-state index contributed by atoms with van der Waals surface area (Å²) in [6.45, 7) is 4.20. The molecule has 0 unspecified atom stereocenters. The minimum absolute atomic E-state index is 0.422. The van der Waals surface area contributed by atoms with E-state index in [9.17, 15) is 8.42 Å². The molecule has 5 nitrogen and oxygen atoms in total. The Hall–Kier alpha value is -0.500. The molecule has 7 heteroatoms. The van der Waals surface area contributed by atoms with Gasteiger partial charge in [0.1, 0.15) is 4.90 Å². The van der Waals surface area contributed by atoms with Crippen LogP contribution in [0.5, 0.6) is 0 Å². The van der Waals surface area contributed by atoms with Crippen LogP contribution in [0.1, 0.15) is 31.5 Å². The van der Waals surface area contributed by atoms with Gasteiger partial charge in [0.25, 0.3) is 0 Å². The minimum atomic E-state index is -3.37. The van der Waals surface area contributed by atoms with Crippen LogP contribution in [0.25, 0.3) is 0 Å². The third-order valence-corrected chi connectivity index (χ3v) is 6.13. The Morgan fingerprint density at radius 2 is 2.19 bits per heavy atom. The molecule has 120 valence electrons. The number of nitrogens with zero attached hydrogens (tertiary/aromatic N) is 2. The first-order chi connectivity index (χ1) is 10.0. The van der Waals surface area contributed by atoms with Gasteiger partial charge in [-0.25, -0.2) is 12.7 Å². The van der Waals surface area contributed by atoms with Gasteiger partial charge in [0, 0.05) is 43.8 Å². The third kappa shape index (κ3) is 4.03. The molecule has 0 bridgehead atoms. The lowest BCUT2D eigenvalue weighted by molar-refractivity contribution is 0.488. The van der Waals surface area contributed by atoms with Crippen molar-refractivity contribution in [2.45, 2.75) is 37.2 Å². The van der Waals surface area contributed by atoms with Crippen molar-refractivity contribution in [3.63, 3.8) is 0 Å². The molecule has 0 amide bonds. The van der Waals surface area contributed by atoms with Gasteiger partial charge in [0.2, 0.25) is 10.0 Å². The fourth-order valence-corrected chi connectivity index (χ4v) is 4.04. The molecule has 2 rings (SSSR count). The second-order valence-corrected chi connectivity index (χ2v) is 8.44. The molecular weight excluding hydrogens is 306 g/mol. The zero-order valence-electron chi connectivity index (χ0n) is 13.0. The van der Waals surface area contributed by atoms with Crippen molar-refractivity contribution in [2.24, 2.45) is 0 Å². The maximum atomic E-state index is 12.6. The van der Waals surface area contributed by atoms with E-state index >= 15 is 0 Å². The Kier molecular flexibility index (Phi) is 5.76. The highest BCUT2D eigenvalue weighted by atomic mass is 32.2. The molecule has 1 fully saturated rings. The Labute approximate surface area is 132 Å². The summed E-state index contributed by atoms with van der Waals surface area (Å²) >= 11 is 1.65. The van der Waals surface area contributed by atoms with Crippen LogP contribution in [0, 0.1) is 0 Å². The van der Waals surface area contributed by atoms with E-state index in [0.29, 0.717) is 17.5 Å². The maximum absolute atomic E-state index is 12.6. The summed E-state index contributed by atoms with van der Waals surface area (Å²) in [5.41, 5.74) is 1.07. The van der Waals surface area contributed by atoms with Gasteiger partial charge in [-0.3, -0.25) is 0 Å². The fourth-order valence-electron chi connectivity index (χ4n) is 2.25. The fraction of sp³-hybridized carbons (Fsp3) is 0.714. The van der Waals surface area contributed by atoms with Crippen LogP contribution in [-0.2, 0) is 16.6 Å². The molecule has 0 aliphatic heterocycles. The number of thioether (sulfide) groups is 1. The molecule has 0 aromatic carbocycles. The number of rotatable bonds is 9. The largest absolute Gasteiger partial charge is 0.346 e. The molecule has 1 heterocycles. The predicted octanol–water partition coefficient (Wildman–Crippen LogP) is 1.92. The first-order valence-electron chi connectivity index (χ1n) is 7.37. The van der Waals surface area contributed by atoms with Crippen molar-refractivity contribution < 1.29 is 8.42 Å². The predicted molar refractivity (Wildman–Crippen MR) is 88.3 cm³/mol. The first-order valence-corrected chi connectivity index (χ1v) is 10.2. The van der Waals surface area contributed by atoms with E-state index in [-0.39, 0.29) is 0 Å². The van der Waals surface area contributed by atoms with Crippen molar-refractivity contribution >= 4 is 21.8 Å². The van der Waals surface area contributed by atoms with E-state index in [1.165, 1.54) is 4.31 Å². The number of aromatic nitrogens is 1. The zero-order valence-corrected chi connectivity index (χ0v) is 14.6. The molecule has 1 saturated carbocycles. The second-order valence-electron chi connectivity index (χ2n) is 5.41. The zero-order chi connectivity index (χ0) is 15.5. The van der Waals surface area contributed by atoms with Crippen LogP contribution in [-0.4, -0.2) is 49.4 Å². The SMILES string of the molecule is CCNCc1cc(S(=O)(=O)N(C)CCSC)cn1C1CC1. The molecule has 0 atom stereocenters. The van der Waals surface area contributed by atoms with E-state index in [1.807, 2.05) is 18.5 Å². The van der Waals surface area contributed by atoms with Gasteiger partial charge >= 0.3 is 0 Å². The molecule has 1 aromatic rings. The Balaban J connectivity index is 2.22. The number of sulfonamides is 1. The van der Waals surface area contributed by atoms with Crippen molar-refractivity contribution in [3.05, 3.63) is 18.0 Å². The van der Waals surface area contributed by atoms with Crippen molar-refractivity contribution in [1.82, 2.24) is 14.2 Å². The first kappa shape index (κ1) is 16.9. The van der Waals surface area contributed by atoms with E-state index in [4.69, 9.17) is 0 Å². The molecule has 21 heavy (non-hydrogen) atoms. The van der Waals surface area contributed by atoms with Gasteiger partial charge in [-0.15, -0.1) is 0 Å². The quantitative estimate of drug-likeness (QED) is 0.751. The van der Waals surface area contributed by atoms with Crippen LogP contribution in [0.4, 0.5) is 0 Å². The van der Waals surface area contributed by atoms with Crippen LogP contribution >= 0.6 is 11.8 Å². The van der Waals surface area contributed by atoms with Gasteiger partial charge in [0.05, 0.1) is 0 Å². The van der Waals surface area contributed by atoms with Gasteiger partial charge in [-0.05, 0) is 31.7 Å². The lowest BCUT2D eigenvalue weighted by Gasteiger charge is -2.15. The molecule has 1 aliphatic carbocycles. The highest BCUT2D eigenvalue weighted by Crippen LogP contribution is 2.37. The van der Waals surface area contributed by atoms with Crippen LogP contribution in [0.15, 0.2) is 17.2 Å². The maximum Gasteiger partial charge on any atom is 0.244 e. The number of hydrogen-bond acceptors (Lipinski definition) is 4. The average Bonchev–Trinajstić information content (AvgIpc) is 3.22. The minimum Gasteiger partial charge on any atom is -0.346 e. The summed E-state index contributed by atoms with van der Waals surface area (Å²) in [7, 11) is -1.72. The number of hydrogen-bond donors (Lipinski definition) is 1. The van der Waals surface area contributed by atoms with Crippen LogP contribution in [0.3, 0.4) is 0 Å². The van der Waals surface area contributed by atoms with Gasteiger partial charge in [0.15, 0.2) is 0 Å². The molecular formula is C14H25N3O2S2. The van der Waals surface area contributed by atoms with E-state index in [0.717, 1.165) is 37.4 Å². The Morgan fingerprint density at radius 1 is 1.48 bits per heavy atom. The van der Waals surface area contributed by atoms with Crippen LogP contribution in [0.2, 0.25) is 0 Å². The van der Waals surface area contributed by atoms with Crippen molar-refractivity contribution in [3.8, 4) is 0 Å². The summed E-state index contributed by atoms with van der Waals surface area (Å²) in [4.78, 5) is 0.422. The average molecular weight is 332 g/mol. The standard InChI is InChI=1S/C14H25N3O2S2/c1-4-15-10-13-9-14(11-17(13)12-5-6-12)21(18,19)16(2)7-8-20-3/h9,11-12,15H,4-8,10H2,1-3H3. The molecule has 1 aromatic heterocycles. The third-order valence-electron chi connectivity index (χ3n) is 3.72. The lowest BCUT2D eigenvalue weighted by atomic mass is 10.4. The Bertz CT molecular complexity index is 565. The monoisotopic (exact) mass is 331 g/mol. The van der Waals surface area contributed by atoms with Crippen molar-refractivity contribution in [2.75, 3.05) is 32.1 Å². The topological polar surface area (TPSA) is 54.3 Å². The summed E-state index contributed by atoms with van der Waals surface area (Å²) in [6.07, 6.45) is 6.10. The molecule has 1 aliphatic rings. The summed E-state index contributed by atoms with van der Waals surface area (Å²) < 4.78 is 28.8.